The number of fused-ring (bicyclic) bond motifs is 1. The minimum absolute atomic E-state index is 0.0250. The Bertz CT molecular complexity index is 1360. The minimum Gasteiger partial charge on any atom is -0.370 e. The summed E-state index contributed by atoms with van der Waals surface area (Å²) in [7, 11) is -2.44. The van der Waals surface area contributed by atoms with Crippen molar-refractivity contribution in [3.63, 3.8) is 0 Å². The molecule has 0 atom stereocenters. The first-order valence-corrected chi connectivity index (χ1v) is 12.6. The van der Waals surface area contributed by atoms with Gasteiger partial charge in [0.2, 0.25) is 5.43 Å². The third kappa shape index (κ3) is 4.98. The molecule has 0 aliphatic carbocycles. The molecule has 0 unspecified atom stereocenters. The molecule has 1 saturated heterocycles. The fourth-order valence-corrected chi connectivity index (χ4v) is 5.22. The Hall–Kier alpha value is -3.21. The number of ether oxygens (including phenoxy) is 1. The van der Waals surface area contributed by atoms with E-state index < -0.39 is 21.4 Å². The molecular weight excluding hydrogens is 456 g/mol. The van der Waals surface area contributed by atoms with Crippen LogP contribution in [0.4, 0.5) is 5.69 Å². The van der Waals surface area contributed by atoms with E-state index in [9.17, 15) is 18.0 Å². The van der Waals surface area contributed by atoms with Crippen LogP contribution in [0.5, 0.6) is 0 Å². The van der Waals surface area contributed by atoms with Crippen molar-refractivity contribution in [1.82, 2.24) is 10.3 Å². The zero-order valence-electron chi connectivity index (χ0n) is 19.3. The lowest BCUT2D eigenvalue weighted by Crippen LogP contribution is -3.14. The van der Waals surface area contributed by atoms with Crippen molar-refractivity contribution in [2.24, 2.45) is 0 Å². The average molecular weight is 486 g/mol. The highest BCUT2D eigenvalue weighted by atomic mass is 32.2. The third-order valence-electron chi connectivity index (χ3n) is 6.08. The van der Waals surface area contributed by atoms with Gasteiger partial charge >= 0.3 is 0 Å². The quantitative estimate of drug-likeness (QED) is 0.446. The third-order valence-corrected chi connectivity index (χ3v) is 7.87. The van der Waals surface area contributed by atoms with Crippen molar-refractivity contribution >= 4 is 32.5 Å². The number of rotatable bonds is 7. The summed E-state index contributed by atoms with van der Waals surface area (Å²) in [5.41, 5.74) is 1.34. The van der Waals surface area contributed by atoms with E-state index in [1.807, 2.05) is 13.0 Å². The molecule has 0 saturated carbocycles. The molecule has 9 nitrogen and oxygen atoms in total. The fraction of sp³-hybridized carbons (Fsp3) is 0.333. The molecule has 1 amide bonds. The Balaban J connectivity index is 1.57. The number of hydrogen-bond donors (Lipinski definition) is 3. The molecule has 34 heavy (non-hydrogen) atoms. The molecule has 0 radical (unpaired) electrons. The Kier molecular flexibility index (Phi) is 7.01. The molecule has 0 spiro atoms. The number of aromatic nitrogens is 1. The van der Waals surface area contributed by atoms with Crippen LogP contribution in [0.2, 0.25) is 0 Å². The highest BCUT2D eigenvalue weighted by Crippen LogP contribution is 2.24. The van der Waals surface area contributed by atoms with E-state index in [1.165, 1.54) is 40.6 Å². The maximum Gasteiger partial charge on any atom is 0.264 e. The van der Waals surface area contributed by atoms with E-state index in [0.29, 0.717) is 31.0 Å². The number of pyridine rings is 1. The molecule has 0 bridgehead atoms. The fourth-order valence-electron chi connectivity index (χ4n) is 4.01. The molecule has 2 heterocycles. The molecule has 10 heteroatoms. The van der Waals surface area contributed by atoms with Gasteiger partial charge in [0.15, 0.2) is 0 Å². The molecule has 1 aromatic heterocycles. The van der Waals surface area contributed by atoms with Crippen molar-refractivity contribution in [1.29, 1.82) is 0 Å². The first kappa shape index (κ1) is 23.9. The number of carbonyl (C=O) groups excluding carboxylic acids is 1. The topological polar surface area (TPSA) is 113 Å². The van der Waals surface area contributed by atoms with Crippen LogP contribution in [0.15, 0.2) is 58.4 Å². The number of nitrogens with zero attached hydrogens (tertiary/aromatic N) is 1. The second kappa shape index (κ2) is 9.96. The Labute approximate surface area is 198 Å². The first-order chi connectivity index (χ1) is 16.3. The second-order valence-corrected chi connectivity index (χ2v) is 10.4. The van der Waals surface area contributed by atoms with Crippen molar-refractivity contribution in [3.05, 3.63) is 70.0 Å². The van der Waals surface area contributed by atoms with E-state index in [0.717, 1.165) is 25.2 Å². The second-order valence-electron chi connectivity index (χ2n) is 8.42. The van der Waals surface area contributed by atoms with E-state index >= 15 is 0 Å². The van der Waals surface area contributed by atoms with Crippen molar-refractivity contribution in [2.75, 3.05) is 50.7 Å². The standard InChI is InChI=1S/C24H28N4O5S/c1-17-4-3-5-18(14-17)27(2)34(31,32)19-6-7-22-20(15-19)23(29)21(16-26-22)24(30)25-8-9-28-10-12-33-13-11-28/h3-7,14-16H,8-13H2,1-2H3,(H,25,30)(H,26,29)/p+1. The lowest BCUT2D eigenvalue weighted by atomic mass is 10.1. The first-order valence-electron chi connectivity index (χ1n) is 11.2. The van der Waals surface area contributed by atoms with Gasteiger partial charge in [-0.3, -0.25) is 13.9 Å². The summed E-state index contributed by atoms with van der Waals surface area (Å²) in [6.07, 6.45) is 1.37. The smallest absolute Gasteiger partial charge is 0.264 e. The van der Waals surface area contributed by atoms with Crippen molar-refractivity contribution in [3.8, 4) is 0 Å². The van der Waals surface area contributed by atoms with Gasteiger partial charge in [0, 0.05) is 24.1 Å². The predicted octanol–water partition coefficient (Wildman–Crippen LogP) is 0.307. The summed E-state index contributed by atoms with van der Waals surface area (Å²) >= 11 is 0. The van der Waals surface area contributed by atoms with Gasteiger partial charge in [0.25, 0.3) is 15.9 Å². The Morgan fingerprint density at radius 1 is 1.18 bits per heavy atom. The van der Waals surface area contributed by atoms with E-state index in [2.05, 4.69) is 10.3 Å². The summed E-state index contributed by atoms with van der Waals surface area (Å²) in [6, 6.07) is 11.5. The van der Waals surface area contributed by atoms with Crippen LogP contribution in [-0.4, -0.2) is 65.7 Å². The van der Waals surface area contributed by atoms with Crippen LogP contribution in [0.1, 0.15) is 15.9 Å². The molecule has 1 fully saturated rings. The van der Waals surface area contributed by atoms with E-state index in [-0.39, 0.29) is 15.8 Å². The van der Waals surface area contributed by atoms with Crippen LogP contribution >= 0.6 is 0 Å². The SMILES string of the molecule is Cc1cccc(N(C)S(=O)(=O)c2ccc3[nH]cc(C(=O)NCC[NH+]4CCOCC4)c(=O)c3c2)c1. The van der Waals surface area contributed by atoms with Crippen molar-refractivity contribution < 1.29 is 22.8 Å². The van der Waals surface area contributed by atoms with Gasteiger partial charge < -0.3 is 19.9 Å². The highest BCUT2D eigenvalue weighted by molar-refractivity contribution is 7.92. The van der Waals surface area contributed by atoms with E-state index in [4.69, 9.17) is 4.74 Å². The number of anilines is 1. The molecule has 1 aliphatic heterocycles. The van der Waals surface area contributed by atoms with Crippen LogP contribution in [-0.2, 0) is 14.8 Å². The van der Waals surface area contributed by atoms with Gasteiger partial charge in [0.1, 0.15) is 18.7 Å². The number of benzene rings is 2. The lowest BCUT2D eigenvalue weighted by Gasteiger charge is -2.23. The number of carbonyl (C=O) groups is 1. The number of amides is 1. The molecule has 1 aliphatic rings. The minimum atomic E-state index is -3.91. The lowest BCUT2D eigenvalue weighted by molar-refractivity contribution is -0.906. The summed E-state index contributed by atoms with van der Waals surface area (Å²) in [6.45, 7) is 6.25. The molecule has 2 aromatic carbocycles. The van der Waals surface area contributed by atoms with Crippen LogP contribution in [0.3, 0.4) is 0 Å². The van der Waals surface area contributed by atoms with Gasteiger partial charge in [-0.1, -0.05) is 12.1 Å². The number of H-pyrrole nitrogens is 1. The van der Waals surface area contributed by atoms with Crippen LogP contribution in [0.25, 0.3) is 10.9 Å². The molecule has 4 rings (SSSR count). The number of aryl methyl sites for hydroxylation is 1. The molecule has 3 N–H and O–H groups in total. The summed E-state index contributed by atoms with van der Waals surface area (Å²) < 4.78 is 33.0. The summed E-state index contributed by atoms with van der Waals surface area (Å²) in [5.74, 6) is -0.485. The number of sulfonamides is 1. The maximum atomic E-state index is 13.2. The average Bonchev–Trinajstić information content (AvgIpc) is 2.84. The number of nitrogens with one attached hydrogen (secondary N) is 3. The number of quaternary nitrogens is 1. The molecule has 180 valence electrons. The number of morpholine rings is 1. The zero-order valence-corrected chi connectivity index (χ0v) is 20.1. The Morgan fingerprint density at radius 2 is 1.94 bits per heavy atom. The van der Waals surface area contributed by atoms with Crippen LogP contribution < -0.4 is 20.0 Å². The normalized spacial score (nSPS) is 14.8. The van der Waals surface area contributed by atoms with Crippen molar-refractivity contribution in [2.45, 2.75) is 11.8 Å². The zero-order chi connectivity index (χ0) is 24.3. The predicted molar refractivity (Wildman–Crippen MR) is 130 cm³/mol. The summed E-state index contributed by atoms with van der Waals surface area (Å²) in [5, 5.41) is 2.94. The Morgan fingerprint density at radius 3 is 2.68 bits per heavy atom. The highest BCUT2D eigenvalue weighted by Gasteiger charge is 2.23. The summed E-state index contributed by atoms with van der Waals surface area (Å²) in [4.78, 5) is 30.0. The van der Waals surface area contributed by atoms with Crippen LogP contribution in [0, 0.1) is 6.92 Å². The van der Waals surface area contributed by atoms with Gasteiger partial charge in [-0.25, -0.2) is 8.42 Å². The van der Waals surface area contributed by atoms with Gasteiger partial charge in [0.05, 0.1) is 36.9 Å². The largest absolute Gasteiger partial charge is 0.370 e. The van der Waals surface area contributed by atoms with Gasteiger partial charge in [-0.2, -0.15) is 0 Å². The van der Waals surface area contributed by atoms with E-state index in [1.54, 1.807) is 18.2 Å². The molecule has 3 aromatic rings. The van der Waals surface area contributed by atoms with Gasteiger partial charge in [-0.15, -0.1) is 0 Å². The number of hydrogen-bond acceptors (Lipinski definition) is 5. The molecular formula is C24H29N4O5S+. The monoisotopic (exact) mass is 485 g/mol. The van der Waals surface area contributed by atoms with Gasteiger partial charge in [-0.05, 0) is 42.8 Å². The number of aromatic amines is 1. The maximum absolute atomic E-state index is 13.2.